The predicted molar refractivity (Wildman–Crippen MR) is 147 cm³/mol. The van der Waals surface area contributed by atoms with Crippen LogP contribution in [0, 0.1) is 5.82 Å². The van der Waals surface area contributed by atoms with Gasteiger partial charge in [-0.15, -0.1) is 0 Å². The number of aromatic amines is 1. The molecular formula is C29H27FN6O3. The van der Waals surface area contributed by atoms with Crippen molar-refractivity contribution >= 4 is 33.6 Å². The van der Waals surface area contributed by atoms with E-state index in [-0.39, 0.29) is 22.6 Å². The Bertz CT molecular complexity index is 1780. The van der Waals surface area contributed by atoms with E-state index in [4.69, 9.17) is 9.47 Å². The van der Waals surface area contributed by atoms with Gasteiger partial charge in [-0.1, -0.05) is 6.07 Å². The lowest BCUT2D eigenvalue weighted by molar-refractivity contribution is -0.308. The Morgan fingerprint density at radius 1 is 1.08 bits per heavy atom. The van der Waals surface area contributed by atoms with Crippen molar-refractivity contribution in [2.24, 2.45) is 0 Å². The largest absolute Gasteiger partial charge is 0.369 e. The number of pyridine rings is 3. The molecule has 7 rings (SSSR count). The minimum atomic E-state index is -0.354. The van der Waals surface area contributed by atoms with Crippen LogP contribution in [0.2, 0.25) is 0 Å². The number of ether oxygens (including phenoxy) is 2. The second kappa shape index (κ2) is 8.62. The minimum absolute atomic E-state index is 0.225. The molecule has 5 aromatic rings. The number of nitrogens with one attached hydrogen (secondary N) is 2. The maximum Gasteiger partial charge on any atom is 0.257 e. The van der Waals surface area contributed by atoms with Crippen LogP contribution in [0.1, 0.15) is 13.8 Å². The lowest BCUT2D eigenvalue weighted by Crippen LogP contribution is -2.73. The molecule has 2 saturated heterocycles. The number of hydrogen-bond donors (Lipinski definition) is 2. The van der Waals surface area contributed by atoms with E-state index in [1.54, 1.807) is 23.0 Å². The van der Waals surface area contributed by atoms with Crippen LogP contribution in [0.15, 0.2) is 72.0 Å². The molecule has 9 nitrogen and oxygen atoms in total. The fraction of sp³-hybridized carbons (Fsp3) is 0.276. The molecule has 0 radical (unpaired) electrons. The first kappa shape index (κ1) is 23.8. The normalized spacial score (nSPS) is 20.4. The van der Waals surface area contributed by atoms with Crippen LogP contribution in [-0.2, 0) is 9.47 Å². The van der Waals surface area contributed by atoms with Crippen molar-refractivity contribution in [1.82, 2.24) is 19.4 Å². The number of anilines is 3. The van der Waals surface area contributed by atoms with E-state index in [2.05, 4.69) is 39.0 Å². The molecule has 2 N–H and O–H groups in total. The molecule has 1 aromatic carbocycles. The Kier molecular flexibility index (Phi) is 5.26. The summed E-state index contributed by atoms with van der Waals surface area (Å²) >= 11 is 0. The summed E-state index contributed by atoms with van der Waals surface area (Å²) in [6.07, 6.45) is 6.79. The number of H-pyrrole nitrogens is 1. The monoisotopic (exact) mass is 526 g/mol. The molecule has 0 unspecified atom stereocenters. The molecule has 39 heavy (non-hydrogen) atoms. The van der Waals surface area contributed by atoms with Crippen molar-refractivity contribution in [3.8, 4) is 11.3 Å². The van der Waals surface area contributed by atoms with Crippen molar-refractivity contribution < 1.29 is 13.9 Å². The summed E-state index contributed by atoms with van der Waals surface area (Å²) in [6.45, 7) is 6.88. The van der Waals surface area contributed by atoms with Gasteiger partial charge in [-0.2, -0.15) is 0 Å². The van der Waals surface area contributed by atoms with Gasteiger partial charge in [-0.25, -0.2) is 14.4 Å². The number of morpholine rings is 1. The average molecular weight is 527 g/mol. The Morgan fingerprint density at radius 3 is 2.74 bits per heavy atom. The van der Waals surface area contributed by atoms with Gasteiger partial charge in [0, 0.05) is 36.0 Å². The number of hydrogen-bond acceptors (Lipinski definition) is 7. The number of imidazole rings is 1. The van der Waals surface area contributed by atoms with Crippen LogP contribution >= 0.6 is 0 Å². The van der Waals surface area contributed by atoms with Crippen molar-refractivity contribution in [3.05, 3.63) is 83.4 Å². The second-order valence-electron chi connectivity index (χ2n) is 10.6. The van der Waals surface area contributed by atoms with Crippen LogP contribution in [0.25, 0.3) is 27.7 Å². The van der Waals surface area contributed by atoms with Crippen molar-refractivity contribution in [1.29, 1.82) is 0 Å². The van der Waals surface area contributed by atoms with Crippen LogP contribution < -0.4 is 15.8 Å². The number of halogens is 1. The van der Waals surface area contributed by atoms with E-state index in [1.165, 1.54) is 12.1 Å². The molecule has 0 bridgehead atoms. The summed E-state index contributed by atoms with van der Waals surface area (Å²) in [4.78, 5) is 27.1. The molecule has 0 saturated carbocycles. The number of nitrogens with zero attached hydrogens (tertiary/aromatic N) is 4. The number of aromatic nitrogens is 4. The lowest BCUT2D eigenvalue weighted by atomic mass is 9.79. The van der Waals surface area contributed by atoms with Gasteiger partial charge in [0.05, 0.1) is 60.2 Å². The fourth-order valence-corrected chi connectivity index (χ4v) is 5.56. The lowest BCUT2D eigenvalue weighted by Gasteiger charge is -2.58. The van der Waals surface area contributed by atoms with Crippen LogP contribution in [0.3, 0.4) is 0 Å². The van der Waals surface area contributed by atoms with E-state index < -0.39 is 0 Å². The zero-order chi connectivity index (χ0) is 26.8. The maximum atomic E-state index is 13.7. The molecule has 2 aliphatic heterocycles. The molecule has 0 amide bonds. The summed E-state index contributed by atoms with van der Waals surface area (Å²) in [6, 6.07) is 12.3. The van der Waals surface area contributed by atoms with E-state index in [9.17, 15) is 9.18 Å². The fourth-order valence-electron chi connectivity index (χ4n) is 5.56. The Labute approximate surface area is 223 Å². The minimum Gasteiger partial charge on any atom is -0.369 e. The van der Waals surface area contributed by atoms with Crippen molar-refractivity contribution in [2.45, 2.75) is 25.0 Å². The summed E-state index contributed by atoms with van der Waals surface area (Å²) in [5, 5.41) is 4.57. The number of rotatable bonds is 4. The standard InChI is InChI=1S/C29H27FN6O3/c1-28(2)29(17-39-28)16-35(11-12-38-29)19-3-6-24(32-14-19)34-22-5-4-20(21-7-9-31-27(37)26(21)22)23-15-33-25-13-18(30)8-10-36(23)25/h3-10,13-15H,11-12,16-17H2,1-2H3,(H,31,37)(H,32,34)/t29-/m0/s1. The quantitative estimate of drug-likeness (QED) is 0.356. The first-order chi connectivity index (χ1) is 18.8. The second-order valence-corrected chi connectivity index (χ2v) is 10.6. The van der Waals surface area contributed by atoms with Gasteiger partial charge in [-0.05, 0) is 44.2 Å². The SMILES string of the molecule is CC1(C)OC[C@@]12CN(c1ccc(Nc3ccc(-c4cnc5cc(F)ccn45)c4cc[nH]c(=O)c34)nc1)CCO2. The third-order valence-electron chi connectivity index (χ3n) is 8.01. The Balaban J connectivity index is 1.20. The molecule has 0 aliphatic carbocycles. The van der Waals surface area contributed by atoms with Gasteiger partial charge in [0.2, 0.25) is 0 Å². The first-order valence-electron chi connectivity index (χ1n) is 12.9. The van der Waals surface area contributed by atoms with E-state index >= 15 is 0 Å². The molecule has 2 aliphatic rings. The van der Waals surface area contributed by atoms with Crippen LogP contribution in [0.4, 0.5) is 21.6 Å². The molecule has 198 valence electrons. The highest BCUT2D eigenvalue weighted by Crippen LogP contribution is 2.42. The van der Waals surface area contributed by atoms with Gasteiger partial charge < -0.3 is 24.7 Å². The predicted octanol–water partition coefficient (Wildman–Crippen LogP) is 4.50. The van der Waals surface area contributed by atoms with Crippen LogP contribution in [0.5, 0.6) is 0 Å². The van der Waals surface area contributed by atoms with Crippen molar-refractivity contribution in [2.75, 3.05) is 36.5 Å². The van der Waals surface area contributed by atoms with Gasteiger partial charge in [0.15, 0.2) is 0 Å². The highest BCUT2D eigenvalue weighted by molar-refractivity contribution is 6.03. The van der Waals surface area contributed by atoms with E-state index in [0.29, 0.717) is 35.8 Å². The molecule has 4 aromatic heterocycles. The zero-order valence-corrected chi connectivity index (χ0v) is 21.6. The molecule has 10 heteroatoms. The molecule has 1 atom stereocenters. The summed E-state index contributed by atoms with van der Waals surface area (Å²) in [5.74, 6) is 0.268. The van der Waals surface area contributed by atoms with E-state index in [1.807, 2.05) is 36.5 Å². The third kappa shape index (κ3) is 3.78. The Hall–Kier alpha value is -4.28. The van der Waals surface area contributed by atoms with Crippen molar-refractivity contribution in [3.63, 3.8) is 0 Å². The maximum absolute atomic E-state index is 13.7. The smallest absolute Gasteiger partial charge is 0.257 e. The van der Waals surface area contributed by atoms with Crippen LogP contribution in [-0.4, -0.2) is 56.9 Å². The van der Waals surface area contributed by atoms with Gasteiger partial charge >= 0.3 is 0 Å². The average Bonchev–Trinajstić information content (AvgIpc) is 3.36. The number of benzene rings is 1. The first-order valence-corrected chi connectivity index (χ1v) is 12.9. The summed E-state index contributed by atoms with van der Waals surface area (Å²) in [7, 11) is 0. The third-order valence-corrected chi connectivity index (χ3v) is 8.01. The van der Waals surface area contributed by atoms with Gasteiger partial charge in [0.1, 0.15) is 22.9 Å². The molecular weight excluding hydrogens is 499 g/mol. The zero-order valence-electron chi connectivity index (χ0n) is 21.6. The topological polar surface area (TPSA) is 96.8 Å². The van der Waals surface area contributed by atoms with Gasteiger partial charge in [-0.3, -0.25) is 9.20 Å². The summed E-state index contributed by atoms with van der Waals surface area (Å²) in [5.41, 5.74) is 2.86. The highest BCUT2D eigenvalue weighted by atomic mass is 19.1. The van der Waals surface area contributed by atoms with E-state index in [0.717, 1.165) is 35.4 Å². The molecule has 2 fully saturated rings. The molecule has 1 spiro atoms. The number of fused-ring (bicyclic) bond motifs is 2. The highest BCUT2D eigenvalue weighted by Gasteiger charge is 2.58. The van der Waals surface area contributed by atoms with Gasteiger partial charge in [0.25, 0.3) is 5.56 Å². The molecule has 6 heterocycles. The summed E-state index contributed by atoms with van der Waals surface area (Å²) < 4.78 is 27.4. The Morgan fingerprint density at radius 2 is 1.97 bits per heavy atom.